The van der Waals surface area contributed by atoms with Crippen molar-refractivity contribution in [1.29, 1.82) is 0 Å². The Balaban J connectivity index is 2.23. The maximum Gasteiger partial charge on any atom is 0.133 e. The van der Waals surface area contributed by atoms with Crippen LogP contribution in [0.4, 0.5) is 4.39 Å². The van der Waals surface area contributed by atoms with Gasteiger partial charge in [0.25, 0.3) is 0 Å². The van der Waals surface area contributed by atoms with Gasteiger partial charge in [0.1, 0.15) is 5.82 Å². The van der Waals surface area contributed by atoms with Gasteiger partial charge in [0.15, 0.2) is 0 Å². The van der Waals surface area contributed by atoms with E-state index < -0.39 is 0 Å². The zero-order valence-corrected chi connectivity index (χ0v) is 13.2. The Morgan fingerprint density at radius 3 is 1.95 bits per heavy atom. The van der Waals surface area contributed by atoms with Gasteiger partial charge in [-0.2, -0.15) is 0 Å². The van der Waals surface area contributed by atoms with Crippen molar-refractivity contribution in [2.24, 2.45) is 0 Å². The Labute approximate surface area is 131 Å². The maximum absolute atomic E-state index is 14.6. The Morgan fingerprint density at radius 2 is 1.27 bits per heavy atom. The van der Waals surface area contributed by atoms with Crippen LogP contribution in [0.3, 0.4) is 0 Å². The third-order valence-corrected chi connectivity index (χ3v) is 3.98. The topological polar surface area (TPSA) is 0 Å². The normalized spacial score (nSPS) is 10.7. The van der Waals surface area contributed by atoms with Gasteiger partial charge in [0.2, 0.25) is 0 Å². The lowest BCUT2D eigenvalue weighted by atomic mass is 9.92. The van der Waals surface area contributed by atoms with E-state index in [-0.39, 0.29) is 5.82 Å². The highest BCUT2D eigenvalue weighted by atomic mass is 19.1. The summed E-state index contributed by atoms with van der Waals surface area (Å²) < 4.78 is 14.6. The van der Waals surface area contributed by atoms with E-state index in [1.165, 1.54) is 5.56 Å². The zero-order chi connectivity index (χ0) is 15.7. The molecule has 0 atom stereocenters. The molecule has 1 heteroatoms. The summed E-state index contributed by atoms with van der Waals surface area (Å²) in [6.07, 6.45) is 0. The lowest BCUT2D eigenvalue weighted by Gasteiger charge is -2.13. The molecule has 0 aliphatic heterocycles. The van der Waals surface area contributed by atoms with Gasteiger partial charge in [-0.3, -0.25) is 0 Å². The Morgan fingerprint density at radius 1 is 0.636 bits per heavy atom. The van der Waals surface area contributed by atoms with Crippen LogP contribution in [-0.2, 0) is 0 Å². The maximum atomic E-state index is 14.6. The smallest absolute Gasteiger partial charge is 0.133 e. The summed E-state index contributed by atoms with van der Waals surface area (Å²) in [7, 11) is 0. The van der Waals surface area contributed by atoms with Crippen molar-refractivity contribution in [2.45, 2.75) is 20.8 Å². The summed E-state index contributed by atoms with van der Waals surface area (Å²) in [6, 6.07) is 20.2. The van der Waals surface area contributed by atoms with Crippen molar-refractivity contribution in [3.8, 4) is 22.3 Å². The van der Waals surface area contributed by atoms with Crippen molar-refractivity contribution in [3.05, 3.63) is 83.2 Å². The number of rotatable bonds is 2. The van der Waals surface area contributed by atoms with Crippen molar-refractivity contribution < 1.29 is 4.39 Å². The van der Waals surface area contributed by atoms with Gasteiger partial charge in [-0.1, -0.05) is 65.7 Å². The molecule has 110 valence electrons. The highest BCUT2D eigenvalue weighted by molar-refractivity contribution is 5.84. The van der Waals surface area contributed by atoms with E-state index in [2.05, 4.69) is 37.3 Å². The molecule has 0 bridgehead atoms. The predicted molar refractivity (Wildman–Crippen MR) is 91.5 cm³/mol. The summed E-state index contributed by atoms with van der Waals surface area (Å²) in [5, 5.41) is 0. The number of benzene rings is 3. The molecule has 0 aliphatic carbocycles. The van der Waals surface area contributed by atoms with Gasteiger partial charge in [-0.15, -0.1) is 0 Å². The van der Waals surface area contributed by atoms with Gasteiger partial charge in [0.05, 0.1) is 0 Å². The molecule has 0 saturated heterocycles. The van der Waals surface area contributed by atoms with E-state index in [4.69, 9.17) is 0 Å². The lowest BCUT2D eigenvalue weighted by molar-refractivity contribution is 0.621. The molecule has 3 rings (SSSR count). The zero-order valence-electron chi connectivity index (χ0n) is 13.2. The van der Waals surface area contributed by atoms with Crippen LogP contribution in [0, 0.1) is 26.6 Å². The average molecular weight is 290 g/mol. The number of hydrogen-bond donors (Lipinski definition) is 0. The molecule has 0 spiro atoms. The number of hydrogen-bond acceptors (Lipinski definition) is 0. The molecule has 0 N–H and O–H groups in total. The van der Waals surface area contributed by atoms with Crippen LogP contribution in [0.15, 0.2) is 60.7 Å². The molecule has 0 fully saturated rings. The SMILES string of the molecule is Cc1ccc(-c2ccccc2-c2cc(C)cc(C)c2F)cc1. The minimum absolute atomic E-state index is 0.134. The minimum Gasteiger partial charge on any atom is -0.206 e. The van der Waals surface area contributed by atoms with Gasteiger partial charge >= 0.3 is 0 Å². The van der Waals surface area contributed by atoms with Crippen LogP contribution in [-0.4, -0.2) is 0 Å². The van der Waals surface area contributed by atoms with Gasteiger partial charge < -0.3 is 0 Å². The molecule has 3 aromatic carbocycles. The van der Waals surface area contributed by atoms with Crippen LogP contribution in [0.5, 0.6) is 0 Å². The monoisotopic (exact) mass is 290 g/mol. The van der Waals surface area contributed by atoms with E-state index >= 15 is 0 Å². The molecule has 0 amide bonds. The third-order valence-electron chi connectivity index (χ3n) is 3.98. The number of aryl methyl sites for hydroxylation is 3. The van der Waals surface area contributed by atoms with E-state index in [0.29, 0.717) is 11.1 Å². The summed E-state index contributed by atoms with van der Waals surface area (Å²) in [5.41, 5.74) is 6.77. The van der Waals surface area contributed by atoms with Crippen LogP contribution in [0.2, 0.25) is 0 Å². The van der Waals surface area contributed by atoms with E-state index in [1.54, 1.807) is 0 Å². The molecule has 3 aromatic rings. The average Bonchev–Trinajstić information content (AvgIpc) is 2.52. The fourth-order valence-corrected chi connectivity index (χ4v) is 2.85. The van der Waals surface area contributed by atoms with Crippen molar-refractivity contribution in [2.75, 3.05) is 0 Å². The molecular weight excluding hydrogens is 271 g/mol. The van der Waals surface area contributed by atoms with Crippen molar-refractivity contribution >= 4 is 0 Å². The van der Waals surface area contributed by atoms with Crippen LogP contribution in [0.25, 0.3) is 22.3 Å². The van der Waals surface area contributed by atoms with Crippen molar-refractivity contribution in [1.82, 2.24) is 0 Å². The van der Waals surface area contributed by atoms with Crippen LogP contribution >= 0.6 is 0 Å². The summed E-state index contributed by atoms with van der Waals surface area (Å²) >= 11 is 0. The quantitative estimate of drug-likeness (QED) is 0.536. The lowest BCUT2D eigenvalue weighted by Crippen LogP contribution is -1.93. The summed E-state index contributed by atoms with van der Waals surface area (Å²) in [6.45, 7) is 5.89. The fraction of sp³-hybridized carbons (Fsp3) is 0.143. The van der Waals surface area contributed by atoms with E-state index in [0.717, 1.165) is 22.3 Å². The number of halogens is 1. The first-order chi connectivity index (χ1) is 10.6. The molecule has 0 saturated carbocycles. The molecule has 0 heterocycles. The second-order valence-corrected chi connectivity index (χ2v) is 5.85. The van der Waals surface area contributed by atoms with Crippen LogP contribution < -0.4 is 0 Å². The first-order valence-electron chi connectivity index (χ1n) is 7.49. The van der Waals surface area contributed by atoms with Crippen molar-refractivity contribution in [3.63, 3.8) is 0 Å². The molecule has 22 heavy (non-hydrogen) atoms. The van der Waals surface area contributed by atoms with Crippen LogP contribution in [0.1, 0.15) is 16.7 Å². The Kier molecular flexibility index (Phi) is 3.81. The van der Waals surface area contributed by atoms with E-state index in [9.17, 15) is 4.39 Å². The molecule has 0 radical (unpaired) electrons. The van der Waals surface area contributed by atoms with Gasteiger partial charge in [-0.05, 0) is 49.1 Å². The molecule has 0 nitrogen and oxygen atoms in total. The van der Waals surface area contributed by atoms with Gasteiger partial charge in [-0.25, -0.2) is 4.39 Å². The second-order valence-electron chi connectivity index (χ2n) is 5.85. The second kappa shape index (κ2) is 5.76. The summed E-state index contributed by atoms with van der Waals surface area (Å²) in [5.74, 6) is -0.134. The Hall–Kier alpha value is -2.41. The molecular formula is C21H19F. The molecule has 0 aromatic heterocycles. The highest BCUT2D eigenvalue weighted by Crippen LogP contribution is 2.35. The molecule has 0 aliphatic rings. The summed E-state index contributed by atoms with van der Waals surface area (Å²) in [4.78, 5) is 0. The largest absolute Gasteiger partial charge is 0.206 e. The van der Waals surface area contributed by atoms with Gasteiger partial charge in [0, 0.05) is 5.56 Å². The predicted octanol–water partition coefficient (Wildman–Crippen LogP) is 6.08. The third kappa shape index (κ3) is 2.67. The standard InChI is InChI=1S/C21H19F/c1-14-8-10-17(11-9-14)18-6-4-5-7-19(18)20-13-15(2)12-16(3)21(20)22/h4-13H,1-3H3. The van der Waals surface area contributed by atoms with E-state index in [1.807, 2.05) is 44.2 Å². The molecule has 0 unspecified atom stereocenters. The first kappa shape index (κ1) is 14.5. The minimum atomic E-state index is -0.134. The fourth-order valence-electron chi connectivity index (χ4n) is 2.85. The Bertz CT molecular complexity index is 814. The highest BCUT2D eigenvalue weighted by Gasteiger charge is 2.13. The first-order valence-corrected chi connectivity index (χ1v) is 7.49.